The maximum Gasteiger partial charge on any atom is 0.0701 e. The smallest absolute Gasteiger partial charge is 0.0701 e. The van der Waals surface area contributed by atoms with Crippen LogP contribution in [0.25, 0.3) is 0 Å². The van der Waals surface area contributed by atoms with Gasteiger partial charge in [-0.2, -0.15) is 0 Å². The number of hydrogen-bond acceptors (Lipinski definition) is 1. The van der Waals surface area contributed by atoms with E-state index in [-0.39, 0.29) is 0 Å². The molecule has 44 valence electrons. The van der Waals surface area contributed by atoms with E-state index in [2.05, 4.69) is 34.3 Å². The molecule has 0 atom stereocenters. The van der Waals surface area contributed by atoms with Crippen LogP contribution in [0.4, 0.5) is 0 Å². The normalized spacial score (nSPS) is 9.75. The minimum atomic E-state index is 1.14. The minimum absolute atomic E-state index is 1.14. The Bertz CT molecular complexity index is 169. The Morgan fingerprint density at radius 2 is 2.50 bits per heavy atom. The fourth-order valence-electron chi connectivity index (χ4n) is 0.531. The molecule has 0 nitrogen and oxygen atoms in total. The Kier molecular flexibility index (Phi) is 2.08. The molecule has 0 radical (unpaired) electrons. The molecule has 0 spiro atoms. The molecule has 0 amide bonds. The highest BCUT2D eigenvalue weighted by atomic mass is 79.9. The lowest BCUT2D eigenvalue weighted by Gasteiger charge is -1.79. The van der Waals surface area contributed by atoms with Crippen molar-refractivity contribution in [2.24, 2.45) is 0 Å². The standard InChI is InChI=1S/C6H7BrS/c1-2-5-3-6(7)8-4-5/h3-4H,2H2,1H3. The first-order valence-electron chi connectivity index (χ1n) is 2.56. The lowest BCUT2D eigenvalue weighted by atomic mass is 10.3. The van der Waals surface area contributed by atoms with Gasteiger partial charge in [-0.05, 0) is 39.4 Å². The predicted octanol–water partition coefficient (Wildman–Crippen LogP) is 3.07. The third-order valence-corrected chi connectivity index (χ3v) is 2.58. The molecule has 0 unspecified atom stereocenters. The van der Waals surface area contributed by atoms with Gasteiger partial charge in [-0.1, -0.05) is 6.92 Å². The zero-order chi connectivity index (χ0) is 5.98. The molecule has 0 aromatic carbocycles. The molecule has 1 heterocycles. The Labute approximate surface area is 61.7 Å². The van der Waals surface area contributed by atoms with Crippen LogP contribution in [-0.4, -0.2) is 0 Å². The summed E-state index contributed by atoms with van der Waals surface area (Å²) < 4.78 is 1.23. The lowest BCUT2D eigenvalue weighted by molar-refractivity contribution is 1.15. The SMILES string of the molecule is CCc1csc(Br)c1. The molecule has 0 bridgehead atoms. The summed E-state index contributed by atoms with van der Waals surface area (Å²) in [4.78, 5) is 0. The van der Waals surface area contributed by atoms with Crippen molar-refractivity contribution in [3.63, 3.8) is 0 Å². The topological polar surface area (TPSA) is 0 Å². The lowest BCUT2D eigenvalue weighted by Crippen LogP contribution is -1.66. The molecule has 0 saturated carbocycles. The summed E-state index contributed by atoms with van der Waals surface area (Å²) in [6.07, 6.45) is 1.14. The van der Waals surface area contributed by atoms with E-state index in [4.69, 9.17) is 0 Å². The summed E-state index contributed by atoms with van der Waals surface area (Å²) in [5.74, 6) is 0. The largest absolute Gasteiger partial charge is 0.137 e. The van der Waals surface area contributed by atoms with Crippen LogP contribution in [0.5, 0.6) is 0 Å². The van der Waals surface area contributed by atoms with Crippen molar-refractivity contribution >= 4 is 27.3 Å². The second-order valence-corrected chi connectivity index (χ2v) is 3.90. The first kappa shape index (κ1) is 6.30. The predicted molar refractivity (Wildman–Crippen MR) is 41.4 cm³/mol. The highest BCUT2D eigenvalue weighted by Crippen LogP contribution is 2.20. The molecule has 0 fully saturated rings. The van der Waals surface area contributed by atoms with Gasteiger partial charge >= 0.3 is 0 Å². The van der Waals surface area contributed by atoms with Crippen LogP contribution in [-0.2, 0) is 6.42 Å². The maximum absolute atomic E-state index is 3.39. The summed E-state index contributed by atoms with van der Waals surface area (Å²) in [6.45, 7) is 2.16. The van der Waals surface area contributed by atoms with Crippen molar-refractivity contribution in [1.29, 1.82) is 0 Å². The van der Waals surface area contributed by atoms with Gasteiger partial charge in [0.1, 0.15) is 0 Å². The van der Waals surface area contributed by atoms with E-state index in [0.29, 0.717) is 0 Å². The van der Waals surface area contributed by atoms with Crippen LogP contribution >= 0.6 is 27.3 Å². The van der Waals surface area contributed by atoms with Gasteiger partial charge in [-0.25, -0.2) is 0 Å². The second-order valence-electron chi connectivity index (χ2n) is 1.61. The number of rotatable bonds is 1. The zero-order valence-electron chi connectivity index (χ0n) is 4.65. The molecule has 1 rings (SSSR count). The summed E-state index contributed by atoms with van der Waals surface area (Å²) in [6, 6.07) is 2.16. The highest BCUT2D eigenvalue weighted by Gasteiger charge is 1.90. The zero-order valence-corrected chi connectivity index (χ0v) is 7.05. The van der Waals surface area contributed by atoms with Crippen LogP contribution in [0.3, 0.4) is 0 Å². The fraction of sp³-hybridized carbons (Fsp3) is 0.333. The van der Waals surface area contributed by atoms with Crippen molar-refractivity contribution in [2.45, 2.75) is 13.3 Å². The van der Waals surface area contributed by atoms with Crippen LogP contribution in [0.1, 0.15) is 12.5 Å². The molecule has 1 aromatic rings. The van der Waals surface area contributed by atoms with Crippen molar-refractivity contribution < 1.29 is 0 Å². The number of aryl methyl sites for hydroxylation is 1. The van der Waals surface area contributed by atoms with Crippen molar-refractivity contribution in [2.75, 3.05) is 0 Å². The number of hydrogen-bond donors (Lipinski definition) is 0. The average molecular weight is 191 g/mol. The third-order valence-electron chi connectivity index (χ3n) is 1.03. The average Bonchev–Trinajstić information content (AvgIpc) is 2.14. The summed E-state index contributed by atoms with van der Waals surface area (Å²) >= 11 is 5.14. The van der Waals surface area contributed by atoms with Gasteiger partial charge < -0.3 is 0 Å². The number of thiophene rings is 1. The summed E-state index contributed by atoms with van der Waals surface area (Å²) in [5.41, 5.74) is 1.42. The Morgan fingerprint density at radius 3 is 2.75 bits per heavy atom. The van der Waals surface area contributed by atoms with Crippen molar-refractivity contribution in [3.05, 3.63) is 20.8 Å². The van der Waals surface area contributed by atoms with E-state index in [1.54, 1.807) is 11.3 Å². The van der Waals surface area contributed by atoms with Gasteiger partial charge in [0.2, 0.25) is 0 Å². The third kappa shape index (κ3) is 1.33. The maximum atomic E-state index is 3.39. The molecule has 1 aromatic heterocycles. The molecule has 0 aliphatic carbocycles. The van der Waals surface area contributed by atoms with Crippen LogP contribution in [0.2, 0.25) is 0 Å². The van der Waals surface area contributed by atoms with E-state index in [0.717, 1.165) is 6.42 Å². The Hall–Kier alpha value is 0.180. The molecule has 8 heavy (non-hydrogen) atoms. The monoisotopic (exact) mass is 190 g/mol. The van der Waals surface area contributed by atoms with Gasteiger partial charge in [-0.3, -0.25) is 0 Å². The molecular weight excluding hydrogens is 184 g/mol. The van der Waals surface area contributed by atoms with Crippen molar-refractivity contribution in [1.82, 2.24) is 0 Å². The van der Waals surface area contributed by atoms with Crippen LogP contribution < -0.4 is 0 Å². The second kappa shape index (κ2) is 2.65. The van der Waals surface area contributed by atoms with Gasteiger partial charge in [0.25, 0.3) is 0 Å². The van der Waals surface area contributed by atoms with E-state index in [1.807, 2.05) is 0 Å². The molecule has 0 saturated heterocycles. The molecule has 0 aliphatic rings. The quantitative estimate of drug-likeness (QED) is 0.639. The highest BCUT2D eigenvalue weighted by molar-refractivity contribution is 9.11. The van der Waals surface area contributed by atoms with E-state index in [1.165, 1.54) is 9.35 Å². The summed E-state index contributed by atoms with van der Waals surface area (Å²) in [7, 11) is 0. The van der Waals surface area contributed by atoms with Crippen LogP contribution in [0.15, 0.2) is 15.2 Å². The first-order valence-corrected chi connectivity index (χ1v) is 4.23. The van der Waals surface area contributed by atoms with Gasteiger partial charge in [0, 0.05) is 0 Å². The molecule has 0 aliphatic heterocycles. The first-order chi connectivity index (χ1) is 3.83. The summed E-state index contributed by atoms with van der Waals surface area (Å²) in [5, 5.41) is 2.17. The molecule has 0 N–H and O–H groups in total. The Balaban J connectivity index is 2.84. The van der Waals surface area contributed by atoms with Gasteiger partial charge in [0.15, 0.2) is 0 Å². The number of halogens is 1. The van der Waals surface area contributed by atoms with E-state index in [9.17, 15) is 0 Å². The Morgan fingerprint density at radius 1 is 1.75 bits per heavy atom. The van der Waals surface area contributed by atoms with Crippen LogP contribution in [0, 0.1) is 0 Å². The molecular formula is C6H7BrS. The molecule has 2 heteroatoms. The van der Waals surface area contributed by atoms with Crippen molar-refractivity contribution in [3.8, 4) is 0 Å². The minimum Gasteiger partial charge on any atom is -0.137 e. The van der Waals surface area contributed by atoms with Gasteiger partial charge in [-0.15, -0.1) is 11.3 Å². The van der Waals surface area contributed by atoms with Gasteiger partial charge in [0.05, 0.1) is 3.79 Å². The van der Waals surface area contributed by atoms with E-state index < -0.39 is 0 Å². The van der Waals surface area contributed by atoms with E-state index >= 15 is 0 Å². The fourth-order valence-corrected chi connectivity index (χ4v) is 1.82.